The molecule has 2 amide bonds. The third-order valence-corrected chi connectivity index (χ3v) is 4.32. The molecule has 0 aromatic heterocycles. The molecule has 1 atom stereocenters. The molecule has 0 unspecified atom stereocenters. The zero-order chi connectivity index (χ0) is 17.5. The number of hydrogen-bond acceptors (Lipinski definition) is 4. The molecule has 0 spiro atoms. The minimum Gasteiger partial charge on any atom is -0.370 e. The van der Waals surface area contributed by atoms with E-state index >= 15 is 0 Å². The standard InChI is InChI=1S/C18H28N4O2/c1-13(2)17(19)18(24)20-12-16(23)21-14-8-4-5-9-15(14)22-10-6-3-7-11-22/h4-5,8-9,13,17H,3,6-7,10-12,19H2,1-2H3,(H,20,24)(H,21,23)/t17-/m0/s1. The Kier molecular flexibility index (Phi) is 6.61. The van der Waals surface area contributed by atoms with Gasteiger partial charge in [-0.15, -0.1) is 0 Å². The van der Waals surface area contributed by atoms with Crippen LogP contribution in [0.4, 0.5) is 11.4 Å². The first-order valence-electron chi connectivity index (χ1n) is 8.66. The quantitative estimate of drug-likeness (QED) is 0.740. The van der Waals surface area contributed by atoms with Crippen LogP contribution in [-0.2, 0) is 9.59 Å². The molecule has 1 aromatic rings. The predicted molar refractivity (Wildman–Crippen MR) is 97.0 cm³/mol. The monoisotopic (exact) mass is 332 g/mol. The van der Waals surface area contributed by atoms with Crippen molar-refractivity contribution in [1.29, 1.82) is 0 Å². The summed E-state index contributed by atoms with van der Waals surface area (Å²) in [6.45, 7) is 5.69. The Labute approximate surface area is 143 Å². The number of nitrogens with zero attached hydrogens (tertiary/aromatic N) is 1. The number of carbonyl (C=O) groups is 2. The van der Waals surface area contributed by atoms with E-state index < -0.39 is 6.04 Å². The second kappa shape index (κ2) is 8.68. The van der Waals surface area contributed by atoms with Crippen LogP contribution in [0.1, 0.15) is 33.1 Å². The second-order valence-electron chi connectivity index (χ2n) is 6.60. The Morgan fingerprint density at radius 3 is 2.50 bits per heavy atom. The molecular formula is C18H28N4O2. The van der Waals surface area contributed by atoms with Gasteiger partial charge in [0.15, 0.2) is 0 Å². The molecule has 0 radical (unpaired) electrons. The molecule has 6 heteroatoms. The summed E-state index contributed by atoms with van der Waals surface area (Å²) < 4.78 is 0. The van der Waals surface area contributed by atoms with E-state index in [2.05, 4.69) is 15.5 Å². The largest absolute Gasteiger partial charge is 0.370 e. The molecule has 1 aliphatic heterocycles. The third kappa shape index (κ3) is 4.96. The summed E-state index contributed by atoms with van der Waals surface area (Å²) >= 11 is 0. The van der Waals surface area contributed by atoms with Crippen molar-refractivity contribution in [2.45, 2.75) is 39.2 Å². The van der Waals surface area contributed by atoms with E-state index in [0.717, 1.165) is 24.5 Å². The molecular weight excluding hydrogens is 304 g/mol. The van der Waals surface area contributed by atoms with E-state index in [4.69, 9.17) is 5.73 Å². The predicted octanol–water partition coefficient (Wildman–Crippen LogP) is 1.71. The van der Waals surface area contributed by atoms with E-state index in [1.807, 2.05) is 38.1 Å². The molecule has 0 aliphatic carbocycles. The van der Waals surface area contributed by atoms with Gasteiger partial charge in [-0.2, -0.15) is 0 Å². The highest BCUT2D eigenvalue weighted by Gasteiger charge is 2.19. The minimum absolute atomic E-state index is 0.0351. The van der Waals surface area contributed by atoms with Crippen molar-refractivity contribution in [3.63, 3.8) is 0 Å². The van der Waals surface area contributed by atoms with Crippen LogP contribution in [0.15, 0.2) is 24.3 Å². The van der Waals surface area contributed by atoms with Gasteiger partial charge >= 0.3 is 0 Å². The fourth-order valence-corrected chi connectivity index (χ4v) is 2.77. The molecule has 1 heterocycles. The first-order chi connectivity index (χ1) is 11.5. The van der Waals surface area contributed by atoms with Gasteiger partial charge in [-0.25, -0.2) is 0 Å². The highest BCUT2D eigenvalue weighted by molar-refractivity contribution is 5.97. The van der Waals surface area contributed by atoms with Crippen LogP contribution in [0.3, 0.4) is 0 Å². The number of piperidine rings is 1. The van der Waals surface area contributed by atoms with Crippen molar-refractivity contribution in [1.82, 2.24) is 5.32 Å². The van der Waals surface area contributed by atoms with Gasteiger partial charge in [0.05, 0.1) is 24.0 Å². The van der Waals surface area contributed by atoms with Gasteiger partial charge in [0, 0.05) is 13.1 Å². The first kappa shape index (κ1) is 18.3. The van der Waals surface area contributed by atoms with Gasteiger partial charge in [0.1, 0.15) is 0 Å². The Morgan fingerprint density at radius 1 is 1.17 bits per heavy atom. The van der Waals surface area contributed by atoms with Crippen LogP contribution < -0.4 is 21.3 Å². The third-order valence-electron chi connectivity index (χ3n) is 4.32. The van der Waals surface area contributed by atoms with Gasteiger partial charge in [-0.3, -0.25) is 9.59 Å². The van der Waals surface area contributed by atoms with Gasteiger partial charge in [-0.1, -0.05) is 26.0 Å². The topological polar surface area (TPSA) is 87.5 Å². The van der Waals surface area contributed by atoms with Crippen molar-refractivity contribution in [2.75, 3.05) is 29.9 Å². The van der Waals surface area contributed by atoms with Gasteiger partial charge in [-0.05, 0) is 37.3 Å². The second-order valence-corrected chi connectivity index (χ2v) is 6.60. The average Bonchev–Trinajstić information content (AvgIpc) is 2.60. The van der Waals surface area contributed by atoms with E-state index in [9.17, 15) is 9.59 Å². The van der Waals surface area contributed by atoms with E-state index in [0.29, 0.717) is 0 Å². The van der Waals surface area contributed by atoms with Crippen LogP contribution >= 0.6 is 0 Å². The number of nitrogens with two attached hydrogens (primary N) is 1. The zero-order valence-electron chi connectivity index (χ0n) is 14.5. The lowest BCUT2D eigenvalue weighted by Gasteiger charge is -2.30. The first-order valence-corrected chi connectivity index (χ1v) is 8.66. The van der Waals surface area contributed by atoms with Crippen LogP contribution in [0.5, 0.6) is 0 Å². The highest BCUT2D eigenvalue weighted by atomic mass is 16.2. The fourth-order valence-electron chi connectivity index (χ4n) is 2.77. The fraction of sp³-hybridized carbons (Fsp3) is 0.556. The van der Waals surface area contributed by atoms with Crippen molar-refractivity contribution >= 4 is 23.2 Å². The summed E-state index contributed by atoms with van der Waals surface area (Å²) in [6, 6.07) is 7.19. The van der Waals surface area contributed by atoms with E-state index in [-0.39, 0.29) is 24.3 Å². The van der Waals surface area contributed by atoms with E-state index in [1.165, 1.54) is 19.3 Å². The maximum absolute atomic E-state index is 12.2. The number of anilines is 2. The smallest absolute Gasteiger partial charge is 0.243 e. The summed E-state index contributed by atoms with van der Waals surface area (Å²) in [4.78, 5) is 26.3. The van der Waals surface area contributed by atoms with Crippen molar-refractivity contribution in [3.8, 4) is 0 Å². The Bertz CT molecular complexity index is 568. The molecule has 6 nitrogen and oxygen atoms in total. The molecule has 1 saturated heterocycles. The molecule has 1 fully saturated rings. The summed E-state index contributed by atoms with van der Waals surface area (Å²) in [6.07, 6.45) is 3.60. The Balaban J connectivity index is 1.93. The Hall–Kier alpha value is -2.08. The van der Waals surface area contributed by atoms with Crippen molar-refractivity contribution in [2.24, 2.45) is 11.7 Å². The number of nitrogens with one attached hydrogen (secondary N) is 2. The SMILES string of the molecule is CC(C)[C@H](N)C(=O)NCC(=O)Nc1ccccc1N1CCCCC1. The minimum atomic E-state index is -0.599. The highest BCUT2D eigenvalue weighted by Crippen LogP contribution is 2.28. The van der Waals surface area contributed by atoms with Crippen LogP contribution in [0.2, 0.25) is 0 Å². The lowest BCUT2D eigenvalue weighted by Crippen LogP contribution is -2.46. The summed E-state index contributed by atoms with van der Waals surface area (Å²) in [5, 5.41) is 5.49. The number of rotatable bonds is 6. The van der Waals surface area contributed by atoms with Crippen LogP contribution in [0.25, 0.3) is 0 Å². The van der Waals surface area contributed by atoms with Crippen LogP contribution in [0, 0.1) is 5.92 Å². The number of carbonyl (C=O) groups excluding carboxylic acids is 2. The lowest BCUT2D eigenvalue weighted by atomic mass is 10.1. The molecule has 0 bridgehead atoms. The molecule has 24 heavy (non-hydrogen) atoms. The average molecular weight is 332 g/mol. The van der Waals surface area contributed by atoms with Crippen molar-refractivity contribution < 1.29 is 9.59 Å². The van der Waals surface area contributed by atoms with Crippen molar-refractivity contribution in [3.05, 3.63) is 24.3 Å². The number of benzene rings is 1. The number of hydrogen-bond donors (Lipinski definition) is 3. The summed E-state index contributed by atoms with van der Waals surface area (Å²) in [7, 11) is 0. The molecule has 0 saturated carbocycles. The number of amides is 2. The normalized spacial score (nSPS) is 15.9. The molecule has 2 rings (SSSR count). The number of para-hydroxylation sites is 2. The van der Waals surface area contributed by atoms with E-state index in [1.54, 1.807) is 0 Å². The molecule has 4 N–H and O–H groups in total. The maximum atomic E-state index is 12.2. The zero-order valence-corrected chi connectivity index (χ0v) is 14.5. The van der Waals surface area contributed by atoms with Crippen LogP contribution in [-0.4, -0.2) is 37.5 Å². The lowest BCUT2D eigenvalue weighted by molar-refractivity contribution is -0.125. The van der Waals surface area contributed by atoms with Gasteiger partial charge < -0.3 is 21.3 Å². The molecule has 1 aromatic carbocycles. The Morgan fingerprint density at radius 2 is 1.83 bits per heavy atom. The van der Waals surface area contributed by atoms with Gasteiger partial charge in [0.25, 0.3) is 0 Å². The maximum Gasteiger partial charge on any atom is 0.243 e. The van der Waals surface area contributed by atoms with Gasteiger partial charge in [0.2, 0.25) is 11.8 Å². The molecule has 1 aliphatic rings. The molecule has 132 valence electrons. The summed E-state index contributed by atoms with van der Waals surface area (Å²) in [5.41, 5.74) is 7.59. The summed E-state index contributed by atoms with van der Waals surface area (Å²) in [5.74, 6) is -0.513.